The second-order valence-corrected chi connectivity index (χ2v) is 6.61. The van der Waals surface area contributed by atoms with E-state index >= 15 is 0 Å². The topological polar surface area (TPSA) is 37.4 Å². The van der Waals surface area contributed by atoms with Crippen molar-refractivity contribution in [1.82, 2.24) is 4.90 Å². The Hall–Kier alpha value is -0.870. The van der Waals surface area contributed by atoms with Crippen molar-refractivity contribution in [3.63, 3.8) is 0 Å². The van der Waals surface area contributed by atoms with E-state index < -0.39 is 9.84 Å². The molecule has 16 heavy (non-hydrogen) atoms. The quantitative estimate of drug-likeness (QED) is 0.798. The molecule has 1 saturated heterocycles. The summed E-state index contributed by atoms with van der Waals surface area (Å²) in [6, 6.07) is 7.25. The van der Waals surface area contributed by atoms with Crippen LogP contribution in [0.5, 0.6) is 0 Å². The third-order valence-electron chi connectivity index (χ3n) is 3.13. The lowest BCUT2D eigenvalue weighted by atomic mass is 10.2. The number of hydrogen-bond donors (Lipinski definition) is 0. The summed E-state index contributed by atoms with van der Waals surface area (Å²) in [6.07, 6.45) is 0.937. The van der Waals surface area contributed by atoms with E-state index in [1.165, 1.54) is 5.56 Å². The van der Waals surface area contributed by atoms with Gasteiger partial charge in [0.1, 0.15) is 0 Å². The fourth-order valence-electron chi connectivity index (χ4n) is 1.95. The van der Waals surface area contributed by atoms with Crippen molar-refractivity contribution in [1.29, 1.82) is 0 Å². The van der Waals surface area contributed by atoms with Gasteiger partial charge in [-0.15, -0.1) is 0 Å². The second-order valence-electron chi connectivity index (χ2n) is 4.39. The standard InChI is InChI=1S/C12H17NO2S/c1-3-10-4-6-11(7-5-10)16(14,15)12-8-13(2)9-12/h4-7,12H,3,8-9H2,1-2H3. The molecular weight excluding hydrogens is 222 g/mol. The Morgan fingerprint density at radius 2 is 1.81 bits per heavy atom. The molecule has 1 aliphatic rings. The van der Waals surface area contributed by atoms with E-state index in [1.54, 1.807) is 12.1 Å². The first kappa shape index (κ1) is 11.6. The highest BCUT2D eigenvalue weighted by molar-refractivity contribution is 7.92. The zero-order valence-corrected chi connectivity index (χ0v) is 10.5. The Morgan fingerprint density at radius 1 is 1.25 bits per heavy atom. The maximum Gasteiger partial charge on any atom is 0.183 e. The molecule has 0 spiro atoms. The number of sulfone groups is 1. The van der Waals surface area contributed by atoms with E-state index in [0.717, 1.165) is 6.42 Å². The van der Waals surface area contributed by atoms with Gasteiger partial charge in [0.25, 0.3) is 0 Å². The molecule has 4 heteroatoms. The third-order valence-corrected chi connectivity index (χ3v) is 5.23. The van der Waals surface area contributed by atoms with E-state index in [9.17, 15) is 8.42 Å². The summed E-state index contributed by atoms with van der Waals surface area (Å²) >= 11 is 0. The molecule has 0 aliphatic carbocycles. The van der Waals surface area contributed by atoms with Crippen LogP contribution < -0.4 is 0 Å². The Balaban J connectivity index is 2.22. The zero-order chi connectivity index (χ0) is 11.8. The minimum absolute atomic E-state index is 0.218. The van der Waals surface area contributed by atoms with Crippen LogP contribution >= 0.6 is 0 Å². The number of aryl methyl sites for hydroxylation is 1. The average molecular weight is 239 g/mol. The fraction of sp³-hybridized carbons (Fsp3) is 0.500. The molecule has 1 heterocycles. The van der Waals surface area contributed by atoms with E-state index in [-0.39, 0.29) is 5.25 Å². The van der Waals surface area contributed by atoms with Crippen molar-refractivity contribution in [2.24, 2.45) is 0 Å². The molecule has 2 rings (SSSR count). The summed E-state index contributed by atoms with van der Waals surface area (Å²) in [5.74, 6) is 0. The van der Waals surface area contributed by atoms with Crippen LogP contribution in [0.4, 0.5) is 0 Å². The van der Waals surface area contributed by atoms with Gasteiger partial charge in [-0.1, -0.05) is 19.1 Å². The van der Waals surface area contributed by atoms with Gasteiger partial charge in [0.15, 0.2) is 9.84 Å². The summed E-state index contributed by atoms with van der Waals surface area (Å²) in [7, 11) is -1.17. The van der Waals surface area contributed by atoms with Crippen LogP contribution in [0, 0.1) is 0 Å². The number of likely N-dealkylation sites (tertiary alicyclic amines) is 1. The minimum Gasteiger partial charge on any atom is -0.304 e. The highest BCUT2D eigenvalue weighted by atomic mass is 32.2. The Kier molecular flexibility index (Phi) is 3.04. The maximum atomic E-state index is 12.1. The predicted molar refractivity (Wildman–Crippen MR) is 64.3 cm³/mol. The van der Waals surface area contributed by atoms with E-state index in [4.69, 9.17) is 0 Å². The SMILES string of the molecule is CCc1ccc(S(=O)(=O)C2CN(C)C2)cc1. The highest BCUT2D eigenvalue weighted by Gasteiger charge is 2.36. The summed E-state index contributed by atoms with van der Waals surface area (Å²) < 4.78 is 24.3. The lowest BCUT2D eigenvalue weighted by Gasteiger charge is -2.35. The molecule has 0 aromatic heterocycles. The van der Waals surface area contributed by atoms with E-state index in [0.29, 0.717) is 18.0 Å². The van der Waals surface area contributed by atoms with Gasteiger partial charge in [-0.3, -0.25) is 0 Å². The molecule has 0 atom stereocenters. The van der Waals surface area contributed by atoms with Crippen LogP contribution in [0.25, 0.3) is 0 Å². The number of rotatable bonds is 3. The van der Waals surface area contributed by atoms with Crippen LogP contribution in [0.3, 0.4) is 0 Å². The molecule has 0 saturated carbocycles. The van der Waals surface area contributed by atoms with Crippen molar-refractivity contribution in [2.75, 3.05) is 20.1 Å². The summed E-state index contributed by atoms with van der Waals surface area (Å²) in [5.41, 5.74) is 1.17. The Bertz CT molecular complexity index is 458. The Morgan fingerprint density at radius 3 is 2.25 bits per heavy atom. The van der Waals surface area contributed by atoms with Gasteiger partial charge in [0.05, 0.1) is 10.1 Å². The second kappa shape index (κ2) is 4.18. The van der Waals surface area contributed by atoms with Crippen molar-refractivity contribution in [3.8, 4) is 0 Å². The van der Waals surface area contributed by atoms with Crippen molar-refractivity contribution >= 4 is 9.84 Å². The van der Waals surface area contributed by atoms with Crippen LogP contribution in [-0.4, -0.2) is 38.7 Å². The third kappa shape index (κ3) is 1.99. The van der Waals surface area contributed by atoms with Gasteiger partial charge in [0.2, 0.25) is 0 Å². The normalized spacial score (nSPS) is 18.4. The number of nitrogens with zero attached hydrogens (tertiary/aromatic N) is 1. The van der Waals surface area contributed by atoms with Crippen molar-refractivity contribution in [2.45, 2.75) is 23.5 Å². The summed E-state index contributed by atoms with van der Waals surface area (Å²) in [5, 5.41) is -0.218. The number of hydrogen-bond acceptors (Lipinski definition) is 3. The van der Waals surface area contributed by atoms with Crippen LogP contribution in [0.15, 0.2) is 29.2 Å². The highest BCUT2D eigenvalue weighted by Crippen LogP contribution is 2.22. The largest absolute Gasteiger partial charge is 0.304 e. The maximum absolute atomic E-state index is 12.1. The molecule has 3 nitrogen and oxygen atoms in total. The van der Waals surface area contributed by atoms with Gasteiger partial charge in [-0.25, -0.2) is 8.42 Å². The van der Waals surface area contributed by atoms with Crippen LogP contribution in [0.1, 0.15) is 12.5 Å². The first-order valence-electron chi connectivity index (χ1n) is 5.55. The van der Waals surface area contributed by atoms with Gasteiger partial charge >= 0.3 is 0 Å². The summed E-state index contributed by atoms with van der Waals surface area (Å²) in [4.78, 5) is 2.48. The molecule has 88 valence electrons. The van der Waals surface area contributed by atoms with Gasteiger partial charge in [-0.05, 0) is 31.2 Å². The zero-order valence-electron chi connectivity index (χ0n) is 9.68. The van der Waals surface area contributed by atoms with Crippen LogP contribution in [0.2, 0.25) is 0 Å². The average Bonchev–Trinajstić information content (AvgIpc) is 2.25. The lowest BCUT2D eigenvalue weighted by molar-refractivity contribution is 0.232. The smallest absolute Gasteiger partial charge is 0.183 e. The first-order chi connectivity index (χ1) is 7.54. The van der Waals surface area contributed by atoms with E-state index in [1.807, 2.05) is 24.1 Å². The van der Waals surface area contributed by atoms with Gasteiger partial charge in [-0.2, -0.15) is 0 Å². The molecule has 0 amide bonds. The molecule has 0 N–H and O–H groups in total. The fourth-order valence-corrected chi connectivity index (χ4v) is 3.75. The van der Waals surface area contributed by atoms with Gasteiger partial charge < -0.3 is 4.90 Å². The lowest BCUT2D eigenvalue weighted by Crippen LogP contribution is -2.52. The van der Waals surface area contributed by atoms with E-state index in [2.05, 4.69) is 6.92 Å². The molecule has 0 radical (unpaired) electrons. The molecule has 0 unspecified atom stereocenters. The Labute approximate surface area is 97.0 Å². The number of benzene rings is 1. The molecule has 1 aliphatic heterocycles. The molecule has 0 bridgehead atoms. The first-order valence-corrected chi connectivity index (χ1v) is 7.10. The van der Waals surface area contributed by atoms with Crippen molar-refractivity contribution in [3.05, 3.63) is 29.8 Å². The molecule has 1 aromatic carbocycles. The summed E-state index contributed by atoms with van der Waals surface area (Å²) in [6.45, 7) is 3.36. The van der Waals surface area contributed by atoms with Gasteiger partial charge in [0, 0.05) is 13.1 Å². The molecule has 1 fully saturated rings. The predicted octanol–water partition coefficient (Wildman–Crippen LogP) is 1.34. The molecule has 1 aromatic rings. The van der Waals surface area contributed by atoms with Crippen LogP contribution in [-0.2, 0) is 16.3 Å². The monoisotopic (exact) mass is 239 g/mol. The van der Waals surface area contributed by atoms with Crippen molar-refractivity contribution < 1.29 is 8.42 Å². The molecular formula is C12H17NO2S. The minimum atomic E-state index is -3.10.